The smallest absolute Gasteiger partial charge is 0.261 e. The van der Waals surface area contributed by atoms with E-state index in [9.17, 15) is 8.42 Å². The van der Waals surface area contributed by atoms with Gasteiger partial charge in [-0.2, -0.15) is 0 Å². The summed E-state index contributed by atoms with van der Waals surface area (Å²) in [6.07, 6.45) is 4.87. The number of pyridine rings is 1. The molecule has 0 aliphatic heterocycles. The van der Waals surface area contributed by atoms with Crippen LogP contribution in [0.4, 0.5) is 11.5 Å². The molecule has 0 atom stereocenters. The lowest BCUT2D eigenvalue weighted by Crippen LogP contribution is -2.13. The third-order valence-corrected chi connectivity index (χ3v) is 5.21. The maximum absolute atomic E-state index is 12.4. The van der Waals surface area contributed by atoms with Crippen molar-refractivity contribution in [2.45, 2.75) is 31.1 Å². The molecule has 25 heavy (non-hydrogen) atoms. The lowest BCUT2D eigenvalue weighted by atomic mass is 10.2. The molecule has 0 radical (unpaired) electrons. The maximum atomic E-state index is 12.4. The van der Waals surface area contributed by atoms with Crippen molar-refractivity contribution in [3.63, 3.8) is 0 Å². The Kier molecular flexibility index (Phi) is 6.90. The van der Waals surface area contributed by atoms with Crippen molar-refractivity contribution < 1.29 is 13.2 Å². The zero-order valence-electron chi connectivity index (χ0n) is 14.3. The molecule has 136 valence electrons. The molecule has 0 amide bonds. The lowest BCUT2D eigenvalue weighted by molar-refractivity contribution is 0.414. The zero-order valence-corrected chi connectivity index (χ0v) is 15.8. The van der Waals surface area contributed by atoms with Crippen molar-refractivity contribution in [1.82, 2.24) is 4.98 Å². The number of anilines is 2. The Labute approximate surface area is 153 Å². The molecular formula is C17H22ClN3O3S. The quantitative estimate of drug-likeness (QED) is 0.636. The van der Waals surface area contributed by atoms with Crippen LogP contribution in [0.2, 0.25) is 5.02 Å². The molecule has 0 bridgehead atoms. The molecule has 6 nitrogen and oxygen atoms in total. The van der Waals surface area contributed by atoms with Crippen LogP contribution in [-0.4, -0.2) is 27.1 Å². The number of sulfonamides is 1. The molecule has 1 aromatic heterocycles. The summed E-state index contributed by atoms with van der Waals surface area (Å²) in [5.41, 5.74) is 0.381. The first-order valence-corrected chi connectivity index (χ1v) is 9.88. The lowest BCUT2D eigenvalue weighted by Gasteiger charge is -2.10. The van der Waals surface area contributed by atoms with Crippen LogP contribution < -0.4 is 14.8 Å². The van der Waals surface area contributed by atoms with E-state index >= 15 is 0 Å². The molecule has 0 unspecified atom stereocenters. The van der Waals surface area contributed by atoms with Gasteiger partial charge in [0.25, 0.3) is 10.0 Å². The van der Waals surface area contributed by atoms with Gasteiger partial charge in [-0.15, -0.1) is 0 Å². The summed E-state index contributed by atoms with van der Waals surface area (Å²) in [6.45, 7) is 2.99. The fourth-order valence-corrected chi connectivity index (χ4v) is 3.57. The molecule has 0 aliphatic carbocycles. The number of hydrogen-bond acceptors (Lipinski definition) is 5. The number of nitrogens with one attached hydrogen (secondary N) is 2. The largest absolute Gasteiger partial charge is 0.495 e. The Hall–Kier alpha value is -1.99. The van der Waals surface area contributed by atoms with E-state index in [1.54, 1.807) is 12.1 Å². The molecule has 2 aromatic rings. The highest BCUT2D eigenvalue weighted by Crippen LogP contribution is 2.27. The maximum Gasteiger partial charge on any atom is 0.261 e. The van der Waals surface area contributed by atoms with E-state index < -0.39 is 10.0 Å². The Morgan fingerprint density at radius 3 is 2.60 bits per heavy atom. The van der Waals surface area contributed by atoms with E-state index in [0.29, 0.717) is 17.3 Å². The molecule has 0 saturated carbocycles. The third kappa shape index (κ3) is 5.51. The summed E-state index contributed by atoms with van der Waals surface area (Å²) in [5.74, 6) is 1.13. The number of methoxy groups -OCH3 is 1. The minimum absolute atomic E-state index is 0.0556. The summed E-state index contributed by atoms with van der Waals surface area (Å²) in [7, 11) is -2.28. The fraction of sp³-hybridized carbons (Fsp3) is 0.353. The van der Waals surface area contributed by atoms with Gasteiger partial charge in [-0.05, 0) is 36.8 Å². The molecule has 2 N–H and O–H groups in total. The van der Waals surface area contributed by atoms with Crippen LogP contribution >= 0.6 is 11.6 Å². The second kappa shape index (κ2) is 8.92. The minimum Gasteiger partial charge on any atom is -0.495 e. The van der Waals surface area contributed by atoms with Crippen LogP contribution in [0.15, 0.2) is 41.4 Å². The summed E-state index contributed by atoms with van der Waals surface area (Å²) in [5, 5.41) is 3.43. The van der Waals surface area contributed by atoms with Gasteiger partial charge in [0.2, 0.25) is 0 Å². The van der Waals surface area contributed by atoms with Gasteiger partial charge >= 0.3 is 0 Å². The van der Waals surface area contributed by atoms with E-state index in [2.05, 4.69) is 21.9 Å². The molecule has 0 aliphatic rings. The average molecular weight is 384 g/mol. The average Bonchev–Trinajstić information content (AvgIpc) is 2.60. The van der Waals surface area contributed by atoms with E-state index in [0.717, 1.165) is 25.8 Å². The Morgan fingerprint density at radius 2 is 2.00 bits per heavy atom. The number of benzene rings is 1. The topological polar surface area (TPSA) is 80.3 Å². The number of unbranched alkanes of at least 4 members (excludes halogenated alkanes) is 2. The molecule has 2 rings (SSSR count). The Bertz CT molecular complexity index is 795. The molecule has 0 spiro atoms. The van der Waals surface area contributed by atoms with Gasteiger partial charge in [0.15, 0.2) is 0 Å². The van der Waals surface area contributed by atoms with Crippen molar-refractivity contribution in [3.8, 4) is 5.75 Å². The van der Waals surface area contributed by atoms with Gasteiger partial charge in [0.1, 0.15) is 11.6 Å². The van der Waals surface area contributed by atoms with Gasteiger partial charge < -0.3 is 10.1 Å². The highest BCUT2D eigenvalue weighted by Gasteiger charge is 2.16. The predicted octanol–water partition coefficient (Wildman–Crippen LogP) is 4.15. The summed E-state index contributed by atoms with van der Waals surface area (Å²) < 4.78 is 32.4. The van der Waals surface area contributed by atoms with Crippen molar-refractivity contribution in [2.24, 2.45) is 0 Å². The second-order valence-corrected chi connectivity index (χ2v) is 7.56. The van der Waals surface area contributed by atoms with E-state index in [1.165, 1.54) is 31.5 Å². The summed E-state index contributed by atoms with van der Waals surface area (Å²) >= 11 is 5.99. The van der Waals surface area contributed by atoms with E-state index in [-0.39, 0.29) is 9.92 Å². The van der Waals surface area contributed by atoms with Crippen molar-refractivity contribution in [3.05, 3.63) is 41.6 Å². The first-order valence-electron chi connectivity index (χ1n) is 8.02. The molecule has 0 saturated heterocycles. The van der Waals surface area contributed by atoms with Crippen molar-refractivity contribution in [2.75, 3.05) is 23.7 Å². The van der Waals surface area contributed by atoms with Gasteiger partial charge in [-0.25, -0.2) is 13.4 Å². The highest BCUT2D eigenvalue weighted by atomic mass is 35.5. The number of halogens is 1. The molecule has 1 heterocycles. The number of aromatic nitrogens is 1. The number of nitrogens with zero attached hydrogens (tertiary/aromatic N) is 1. The predicted molar refractivity (Wildman–Crippen MR) is 101 cm³/mol. The minimum atomic E-state index is -3.75. The highest BCUT2D eigenvalue weighted by molar-refractivity contribution is 7.92. The molecule has 8 heteroatoms. The zero-order chi connectivity index (χ0) is 18.3. The molecular weight excluding hydrogens is 362 g/mol. The van der Waals surface area contributed by atoms with Gasteiger partial charge in [-0.1, -0.05) is 31.4 Å². The Balaban J connectivity index is 2.04. The van der Waals surface area contributed by atoms with E-state index in [1.807, 2.05) is 0 Å². The van der Waals surface area contributed by atoms with Gasteiger partial charge in [0, 0.05) is 6.54 Å². The van der Waals surface area contributed by atoms with Crippen LogP contribution in [0, 0.1) is 0 Å². The number of hydrogen-bond donors (Lipinski definition) is 2. The second-order valence-electron chi connectivity index (χ2n) is 5.47. The standard InChI is InChI=1S/C17H22ClN3O3S/c1-3-4-5-10-19-17-9-6-13(12-20-17)21-25(22,23)14-7-8-16(24-2)15(18)11-14/h6-9,11-12,21H,3-5,10H2,1-2H3,(H,19,20). The summed E-state index contributed by atoms with van der Waals surface area (Å²) in [4.78, 5) is 4.27. The number of ether oxygens (including phenoxy) is 1. The fourth-order valence-electron chi connectivity index (χ4n) is 2.18. The Morgan fingerprint density at radius 1 is 1.20 bits per heavy atom. The monoisotopic (exact) mass is 383 g/mol. The van der Waals surface area contributed by atoms with Crippen LogP contribution in [0.25, 0.3) is 0 Å². The molecule has 1 aromatic carbocycles. The van der Waals surface area contributed by atoms with Crippen LogP contribution in [0.1, 0.15) is 26.2 Å². The van der Waals surface area contributed by atoms with Crippen LogP contribution in [0.5, 0.6) is 5.75 Å². The van der Waals surface area contributed by atoms with Crippen LogP contribution in [-0.2, 0) is 10.0 Å². The normalized spacial score (nSPS) is 11.2. The first kappa shape index (κ1) is 19.3. The third-order valence-electron chi connectivity index (χ3n) is 3.54. The van der Waals surface area contributed by atoms with Gasteiger partial charge in [-0.3, -0.25) is 4.72 Å². The summed E-state index contributed by atoms with van der Waals surface area (Å²) in [6, 6.07) is 7.70. The number of rotatable bonds is 9. The van der Waals surface area contributed by atoms with Gasteiger partial charge in [0.05, 0.1) is 28.9 Å². The van der Waals surface area contributed by atoms with E-state index in [4.69, 9.17) is 16.3 Å². The first-order chi connectivity index (χ1) is 12.0. The molecule has 0 fully saturated rings. The van der Waals surface area contributed by atoms with Crippen molar-refractivity contribution in [1.29, 1.82) is 0 Å². The van der Waals surface area contributed by atoms with Crippen molar-refractivity contribution >= 4 is 33.1 Å². The van der Waals surface area contributed by atoms with Crippen LogP contribution in [0.3, 0.4) is 0 Å². The SMILES string of the molecule is CCCCCNc1ccc(NS(=O)(=O)c2ccc(OC)c(Cl)c2)cn1.